The van der Waals surface area contributed by atoms with Crippen molar-refractivity contribution < 1.29 is 26.7 Å². The molecule has 0 bridgehead atoms. The van der Waals surface area contributed by atoms with Gasteiger partial charge in [0.15, 0.2) is 0 Å². The van der Waals surface area contributed by atoms with Gasteiger partial charge in [0, 0.05) is 51.1 Å². The number of hydrogen-bond acceptors (Lipinski definition) is 5. The minimum absolute atomic E-state index is 0.0321. The molecule has 7 nitrogen and oxygen atoms in total. The van der Waals surface area contributed by atoms with Crippen LogP contribution in [0.15, 0.2) is 53.4 Å². The van der Waals surface area contributed by atoms with Crippen LogP contribution in [0.4, 0.5) is 8.78 Å². The molecule has 1 atom stereocenters. The van der Waals surface area contributed by atoms with Crippen molar-refractivity contribution in [1.82, 2.24) is 14.1 Å². The average molecular weight is 508 g/mol. The molecule has 0 radical (unpaired) electrons. The number of carbonyl (C=O) groups is 1. The molecule has 4 rings (SSSR count). The van der Waals surface area contributed by atoms with Crippen molar-refractivity contribution in [3.8, 4) is 5.75 Å². The third kappa shape index (κ3) is 5.99. The van der Waals surface area contributed by atoms with Gasteiger partial charge >= 0.3 is 0 Å². The predicted octanol–water partition coefficient (Wildman–Crippen LogP) is 2.98. The normalized spacial score (nSPS) is 22.2. The lowest BCUT2D eigenvalue weighted by Gasteiger charge is -2.43. The number of rotatable bonds is 7. The number of sulfonamides is 1. The van der Waals surface area contributed by atoms with Gasteiger partial charge < -0.3 is 14.5 Å². The lowest BCUT2D eigenvalue weighted by Crippen LogP contribution is -2.53. The Bertz CT molecular complexity index is 1140. The molecule has 0 spiro atoms. The van der Waals surface area contributed by atoms with Crippen molar-refractivity contribution in [2.24, 2.45) is 5.41 Å². The van der Waals surface area contributed by atoms with Crippen LogP contribution in [0.3, 0.4) is 0 Å². The SMILES string of the molecule is CN1CCN(C(=O)C[C@@]2(COc3ccc(F)cc3)CCCN(S(=O)(=O)c3ccccc3F)C2)CC1. The highest BCUT2D eigenvalue weighted by Crippen LogP contribution is 2.37. The van der Waals surface area contributed by atoms with Crippen LogP contribution >= 0.6 is 0 Å². The molecule has 0 N–H and O–H groups in total. The zero-order valence-corrected chi connectivity index (χ0v) is 20.6. The second-order valence-corrected chi connectivity index (χ2v) is 11.4. The second-order valence-electron chi connectivity index (χ2n) is 9.48. The molecule has 2 aliphatic rings. The van der Waals surface area contributed by atoms with E-state index in [1.807, 2.05) is 11.9 Å². The summed E-state index contributed by atoms with van der Waals surface area (Å²) in [6, 6.07) is 10.9. The van der Waals surface area contributed by atoms with E-state index in [0.717, 1.165) is 19.2 Å². The number of nitrogens with zero attached hydrogens (tertiary/aromatic N) is 3. The monoisotopic (exact) mass is 507 g/mol. The van der Waals surface area contributed by atoms with Gasteiger partial charge in [0.05, 0.1) is 6.61 Å². The fourth-order valence-electron chi connectivity index (χ4n) is 4.73. The highest BCUT2D eigenvalue weighted by molar-refractivity contribution is 7.89. The summed E-state index contributed by atoms with van der Waals surface area (Å²) in [5.41, 5.74) is -0.800. The zero-order chi connectivity index (χ0) is 25.1. The van der Waals surface area contributed by atoms with E-state index < -0.39 is 27.1 Å². The van der Waals surface area contributed by atoms with Crippen LogP contribution in [0, 0.1) is 17.0 Å². The minimum Gasteiger partial charge on any atom is -0.493 e. The predicted molar refractivity (Wildman–Crippen MR) is 127 cm³/mol. The molecule has 0 aromatic heterocycles. The summed E-state index contributed by atoms with van der Waals surface area (Å²) in [6.07, 6.45) is 1.20. The summed E-state index contributed by atoms with van der Waals surface area (Å²) in [5.74, 6) is -0.810. The number of hydrogen-bond donors (Lipinski definition) is 0. The number of ether oxygens (including phenoxy) is 1. The van der Waals surface area contributed by atoms with E-state index in [9.17, 15) is 22.0 Å². The molecule has 2 aliphatic heterocycles. The Morgan fingerprint density at radius 1 is 1.00 bits per heavy atom. The van der Waals surface area contributed by atoms with Gasteiger partial charge in [-0.25, -0.2) is 17.2 Å². The van der Waals surface area contributed by atoms with Gasteiger partial charge in [-0.1, -0.05) is 12.1 Å². The van der Waals surface area contributed by atoms with E-state index in [0.29, 0.717) is 31.7 Å². The molecule has 2 fully saturated rings. The van der Waals surface area contributed by atoms with Crippen LogP contribution < -0.4 is 4.74 Å². The number of piperazine rings is 1. The van der Waals surface area contributed by atoms with E-state index in [4.69, 9.17) is 4.74 Å². The van der Waals surface area contributed by atoms with Crippen molar-refractivity contribution in [3.63, 3.8) is 0 Å². The maximum absolute atomic E-state index is 14.4. The molecule has 2 saturated heterocycles. The molecule has 1 amide bonds. The molecule has 10 heteroatoms. The Morgan fingerprint density at radius 2 is 1.69 bits per heavy atom. The first-order chi connectivity index (χ1) is 16.7. The largest absolute Gasteiger partial charge is 0.493 e. The third-order valence-corrected chi connectivity index (χ3v) is 8.70. The second kappa shape index (κ2) is 10.6. The Kier molecular flexibility index (Phi) is 7.73. The van der Waals surface area contributed by atoms with E-state index in [2.05, 4.69) is 4.90 Å². The van der Waals surface area contributed by atoms with Crippen molar-refractivity contribution in [1.29, 1.82) is 0 Å². The van der Waals surface area contributed by atoms with Crippen LogP contribution in [0.2, 0.25) is 0 Å². The van der Waals surface area contributed by atoms with Gasteiger partial charge in [0.25, 0.3) is 0 Å². The molecule has 35 heavy (non-hydrogen) atoms. The van der Waals surface area contributed by atoms with Gasteiger partial charge in [0.1, 0.15) is 22.3 Å². The van der Waals surface area contributed by atoms with Gasteiger partial charge in [-0.05, 0) is 56.3 Å². The number of piperidine rings is 1. The van der Waals surface area contributed by atoms with Crippen molar-refractivity contribution in [2.75, 3.05) is 52.9 Å². The van der Waals surface area contributed by atoms with E-state index >= 15 is 0 Å². The molecule has 2 aromatic rings. The van der Waals surface area contributed by atoms with E-state index in [-0.39, 0.29) is 36.9 Å². The summed E-state index contributed by atoms with van der Waals surface area (Å²) in [6.45, 7) is 3.13. The highest BCUT2D eigenvalue weighted by Gasteiger charge is 2.43. The zero-order valence-electron chi connectivity index (χ0n) is 19.8. The first-order valence-corrected chi connectivity index (χ1v) is 13.2. The van der Waals surface area contributed by atoms with Crippen molar-refractivity contribution in [3.05, 3.63) is 60.2 Å². The van der Waals surface area contributed by atoms with Gasteiger partial charge in [-0.3, -0.25) is 4.79 Å². The van der Waals surface area contributed by atoms with Gasteiger partial charge in [-0.2, -0.15) is 4.31 Å². The van der Waals surface area contributed by atoms with Crippen LogP contribution in [-0.4, -0.2) is 81.4 Å². The molecule has 190 valence electrons. The molecule has 0 unspecified atom stereocenters. The molecular weight excluding hydrogens is 476 g/mol. The Hall–Kier alpha value is -2.56. The maximum Gasteiger partial charge on any atom is 0.246 e. The molecular formula is C25H31F2N3O4S. The molecule has 0 saturated carbocycles. The number of halogens is 2. The van der Waals surface area contributed by atoms with Crippen LogP contribution in [-0.2, 0) is 14.8 Å². The Labute approximate surface area is 205 Å². The smallest absolute Gasteiger partial charge is 0.246 e. The van der Waals surface area contributed by atoms with Crippen LogP contribution in [0.1, 0.15) is 19.3 Å². The Balaban J connectivity index is 1.58. The Morgan fingerprint density at radius 3 is 2.37 bits per heavy atom. The van der Waals surface area contributed by atoms with E-state index in [1.165, 1.54) is 46.8 Å². The fourth-order valence-corrected chi connectivity index (χ4v) is 6.39. The molecule has 2 aromatic carbocycles. The summed E-state index contributed by atoms with van der Waals surface area (Å²) in [7, 11) is -2.09. The summed E-state index contributed by atoms with van der Waals surface area (Å²) >= 11 is 0. The number of benzene rings is 2. The number of amides is 1. The summed E-state index contributed by atoms with van der Waals surface area (Å²) < 4.78 is 61.6. The van der Waals surface area contributed by atoms with Crippen molar-refractivity contribution in [2.45, 2.75) is 24.2 Å². The third-order valence-electron chi connectivity index (χ3n) is 6.82. The lowest BCUT2D eigenvalue weighted by molar-refractivity contribution is -0.136. The summed E-state index contributed by atoms with van der Waals surface area (Å²) in [5, 5.41) is 0. The molecule has 2 heterocycles. The van der Waals surface area contributed by atoms with Gasteiger partial charge in [0.2, 0.25) is 15.9 Å². The standard InChI is InChI=1S/C25H31F2N3O4S/c1-28-13-15-29(16-14-28)24(31)17-25(19-34-21-9-7-20(26)8-10-21)11-4-12-30(18-25)35(32,33)23-6-3-2-5-22(23)27/h2-3,5-10H,4,11-19H2,1H3/t25-/m0/s1. The fraction of sp³-hybridized carbons (Fsp3) is 0.480. The minimum atomic E-state index is -4.10. The highest BCUT2D eigenvalue weighted by atomic mass is 32.2. The quantitative estimate of drug-likeness (QED) is 0.577. The van der Waals surface area contributed by atoms with Crippen LogP contribution in [0.5, 0.6) is 5.75 Å². The van der Waals surface area contributed by atoms with Crippen molar-refractivity contribution >= 4 is 15.9 Å². The average Bonchev–Trinajstić information content (AvgIpc) is 2.84. The summed E-state index contributed by atoms with van der Waals surface area (Å²) in [4.78, 5) is 16.9. The van der Waals surface area contributed by atoms with Gasteiger partial charge in [-0.15, -0.1) is 0 Å². The lowest BCUT2D eigenvalue weighted by atomic mass is 9.78. The first kappa shape index (κ1) is 25.5. The first-order valence-electron chi connectivity index (χ1n) is 11.8. The maximum atomic E-state index is 14.4. The topological polar surface area (TPSA) is 70.2 Å². The van der Waals surface area contributed by atoms with E-state index in [1.54, 1.807) is 0 Å². The number of carbonyl (C=O) groups excluding carboxylic acids is 1. The van der Waals surface area contributed by atoms with Crippen LogP contribution in [0.25, 0.3) is 0 Å². The molecule has 0 aliphatic carbocycles. The number of likely N-dealkylation sites (N-methyl/N-ethyl adjacent to an activating group) is 1.